The smallest absolute Gasteiger partial charge is 0.240 e. The van der Waals surface area contributed by atoms with Crippen LogP contribution in [0.4, 0.5) is 0 Å². The number of nitrogens with zero attached hydrogens (tertiary/aromatic N) is 1. The molecule has 1 aromatic carbocycles. The van der Waals surface area contributed by atoms with Crippen LogP contribution in [0.3, 0.4) is 0 Å². The van der Waals surface area contributed by atoms with Crippen molar-refractivity contribution in [2.75, 3.05) is 0 Å². The van der Waals surface area contributed by atoms with Crippen molar-refractivity contribution in [2.45, 2.75) is 32.4 Å². The van der Waals surface area contributed by atoms with E-state index in [1.54, 1.807) is 13.8 Å². The van der Waals surface area contributed by atoms with Gasteiger partial charge in [0.05, 0.1) is 17.3 Å². The highest BCUT2D eigenvalue weighted by Gasteiger charge is 2.24. The van der Waals surface area contributed by atoms with Gasteiger partial charge in [-0.05, 0) is 32.9 Å². The third-order valence-corrected chi connectivity index (χ3v) is 4.52. The monoisotopic (exact) mass is 403 g/mol. The van der Waals surface area contributed by atoms with Gasteiger partial charge in [-0.15, -0.1) is 23.7 Å². The van der Waals surface area contributed by atoms with E-state index in [1.807, 2.05) is 36.6 Å². The van der Waals surface area contributed by atoms with Crippen molar-refractivity contribution in [1.82, 2.24) is 10.3 Å². The van der Waals surface area contributed by atoms with Crippen LogP contribution in [-0.2, 0) is 4.79 Å². The number of thiazole rings is 1. The minimum atomic E-state index is -0.889. The highest BCUT2D eigenvalue weighted by molar-refractivity contribution is 9.10. The Morgan fingerprint density at radius 2 is 1.95 bits per heavy atom. The number of nitrogens with one attached hydrogen (secondary N) is 1. The van der Waals surface area contributed by atoms with Crippen LogP contribution in [0.2, 0.25) is 0 Å². The molecule has 1 amide bonds. The Balaban J connectivity index is 0.00000242. The largest absolute Gasteiger partial charge is 0.346 e. The number of hydrogen-bond acceptors (Lipinski definition) is 4. The Labute approximate surface area is 149 Å². The third kappa shape index (κ3) is 4.78. The molecule has 0 aliphatic carbocycles. The first kappa shape index (κ1) is 19.1. The van der Waals surface area contributed by atoms with Crippen molar-refractivity contribution >= 4 is 45.6 Å². The number of aromatic nitrogens is 1. The molecule has 0 saturated carbocycles. The topological polar surface area (TPSA) is 68.0 Å². The fourth-order valence-electron chi connectivity index (χ4n) is 1.68. The van der Waals surface area contributed by atoms with Crippen LogP contribution >= 0.6 is 39.7 Å². The molecule has 7 heteroatoms. The fraction of sp³-hybridized carbons (Fsp3) is 0.333. The predicted molar refractivity (Wildman–Crippen MR) is 97.3 cm³/mol. The van der Waals surface area contributed by atoms with Crippen molar-refractivity contribution in [2.24, 2.45) is 5.73 Å². The summed E-state index contributed by atoms with van der Waals surface area (Å²) in [5, 5.41) is 5.75. The number of amides is 1. The van der Waals surface area contributed by atoms with Crippen LogP contribution in [0.1, 0.15) is 31.8 Å². The summed E-state index contributed by atoms with van der Waals surface area (Å²) in [7, 11) is 0. The van der Waals surface area contributed by atoms with Crippen molar-refractivity contribution < 1.29 is 4.79 Å². The quantitative estimate of drug-likeness (QED) is 0.812. The molecule has 1 unspecified atom stereocenters. The van der Waals surface area contributed by atoms with Crippen LogP contribution in [0, 0.1) is 0 Å². The maximum atomic E-state index is 11.9. The van der Waals surface area contributed by atoms with Crippen molar-refractivity contribution in [3.63, 3.8) is 0 Å². The molecule has 0 aliphatic heterocycles. The summed E-state index contributed by atoms with van der Waals surface area (Å²) in [6.45, 7) is 5.28. The zero-order valence-electron chi connectivity index (χ0n) is 12.6. The fourth-order valence-corrected chi connectivity index (χ4v) is 2.78. The van der Waals surface area contributed by atoms with E-state index in [0.29, 0.717) is 0 Å². The highest BCUT2D eigenvalue weighted by Crippen LogP contribution is 2.26. The summed E-state index contributed by atoms with van der Waals surface area (Å²) in [6.07, 6.45) is 0. The molecule has 4 nitrogen and oxygen atoms in total. The van der Waals surface area contributed by atoms with Gasteiger partial charge in [-0.1, -0.05) is 28.1 Å². The number of benzene rings is 1. The molecule has 1 aromatic heterocycles. The molecule has 0 bridgehead atoms. The average Bonchev–Trinajstić information content (AvgIpc) is 2.88. The van der Waals surface area contributed by atoms with Gasteiger partial charge in [-0.25, -0.2) is 4.98 Å². The Kier molecular flexibility index (Phi) is 6.55. The summed E-state index contributed by atoms with van der Waals surface area (Å²) in [4.78, 5) is 16.5. The van der Waals surface area contributed by atoms with Crippen molar-refractivity contribution in [1.29, 1.82) is 0 Å². The number of hydrogen-bond donors (Lipinski definition) is 2. The van der Waals surface area contributed by atoms with E-state index in [0.717, 1.165) is 20.7 Å². The maximum Gasteiger partial charge on any atom is 0.240 e. The van der Waals surface area contributed by atoms with Crippen LogP contribution in [0.25, 0.3) is 11.3 Å². The third-order valence-electron chi connectivity index (χ3n) is 2.97. The lowest BCUT2D eigenvalue weighted by Gasteiger charge is -2.20. The Bertz CT molecular complexity index is 637. The van der Waals surface area contributed by atoms with E-state index in [4.69, 9.17) is 5.73 Å². The normalized spacial score (nSPS) is 12.4. The molecular formula is C15H19BrClN3OS. The minimum Gasteiger partial charge on any atom is -0.346 e. The first-order valence-electron chi connectivity index (χ1n) is 6.58. The molecule has 2 aromatic rings. The zero-order valence-corrected chi connectivity index (χ0v) is 15.8. The summed E-state index contributed by atoms with van der Waals surface area (Å²) in [6, 6.07) is 7.83. The summed E-state index contributed by atoms with van der Waals surface area (Å²) >= 11 is 4.95. The lowest BCUT2D eigenvalue weighted by atomic mass is 10.1. The Morgan fingerprint density at radius 1 is 1.36 bits per heavy atom. The van der Waals surface area contributed by atoms with E-state index in [2.05, 4.69) is 26.2 Å². The lowest BCUT2D eigenvalue weighted by molar-refractivity contribution is -0.125. The molecule has 0 fully saturated rings. The number of carbonyl (C=O) groups excluding carboxylic acids is 1. The minimum absolute atomic E-state index is 0. The number of rotatable bonds is 4. The van der Waals surface area contributed by atoms with Gasteiger partial charge >= 0.3 is 0 Å². The SMILES string of the molecule is CC(NC(=O)C(C)(C)N)c1nc(-c2ccc(Br)cc2)cs1.Cl. The maximum absolute atomic E-state index is 11.9. The molecule has 1 atom stereocenters. The molecule has 2 rings (SSSR count). The first-order valence-corrected chi connectivity index (χ1v) is 8.26. The molecular weight excluding hydrogens is 386 g/mol. The number of nitrogens with two attached hydrogens (primary N) is 1. The highest BCUT2D eigenvalue weighted by atomic mass is 79.9. The van der Waals surface area contributed by atoms with E-state index >= 15 is 0 Å². The second kappa shape index (κ2) is 7.55. The molecule has 22 heavy (non-hydrogen) atoms. The second-order valence-electron chi connectivity index (χ2n) is 5.49. The second-order valence-corrected chi connectivity index (χ2v) is 7.30. The number of carbonyl (C=O) groups is 1. The van der Waals surface area contributed by atoms with E-state index in [9.17, 15) is 4.79 Å². The lowest BCUT2D eigenvalue weighted by Crippen LogP contribution is -2.49. The molecule has 0 aliphatic rings. The van der Waals surface area contributed by atoms with Gasteiger partial charge in [0.25, 0.3) is 0 Å². The van der Waals surface area contributed by atoms with Crippen LogP contribution in [0.5, 0.6) is 0 Å². The van der Waals surface area contributed by atoms with E-state index in [1.165, 1.54) is 11.3 Å². The van der Waals surface area contributed by atoms with Gasteiger partial charge in [0.2, 0.25) is 5.91 Å². The standard InChI is InChI=1S/C15H18BrN3OS.ClH/c1-9(18-14(20)15(2,3)17)13-19-12(8-21-13)10-4-6-11(16)7-5-10;/h4-9H,17H2,1-3H3,(H,18,20);1H. The summed E-state index contributed by atoms with van der Waals surface area (Å²) in [5.41, 5.74) is 6.86. The van der Waals surface area contributed by atoms with Gasteiger partial charge in [0, 0.05) is 15.4 Å². The zero-order chi connectivity index (χ0) is 15.6. The van der Waals surface area contributed by atoms with Crippen LogP contribution in [-0.4, -0.2) is 16.4 Å². The molecule has 0 radical (unpaired) electrons. The van der Waals surface area contributed by atoms with Gasteiger partial charge in [-0.2, -0.15) is 0 Å². The summed E-state index contributed by atoms with van der Waals surface area (Å²) < 4.78 is 1.03. The molecule has 3 N–H and O–H groups in total. The first-order chi connectivity index (χ1) is 9.77. The van der Waals surface area contributed by atoms with Crippen LogP contribution < -0.4 is 11.1 Å². The molecule has 120 valence electrons. The van der Waals surface area contributed by atoms with Gasteiger partial charge < -0.3 is 11.1 Å². The van der Waals surface area contributed by atoms with E-state index < -0.39 is 5.54 Å². The van der Waals surface area contributed by atoms with Crippen molar-refractivity contribution in [3.8, 4) is 11.3 Å². The van der Waals surface area contributed by atoms with E-state index in [-0.39, 0.29) is 24.4 Å². The van der Waals surface area contributed by atoms with Crippen LogP contribution in [0.15, 0.2) is 34.1 Å². The van der Waals surface area contributed by atoms with Gasteiger partial charge in [0.15, 0.2) is 0 Å². The average molecular weight is 405 g/mol. The van der Waals surface area contributed by atoms with Crippen molar-refractivity contribution in [3.05, 3.63) is 39.1 Å². The molecule has 0 saturated heterocycles. The Morgan fingerprint density at radius 3 is 2.50 bits per heavy atom. The van der Waals surface area contributed by atoms with Gasteiger partial charge in [-0.3, -0.25) is 4.79 Å². The molecule has 1 heterocycles. The summed E-state index contributed by atoms with van der Waals surface area (Å²) in [5.74, 6) is -0.185. The van der Waals surface area contributed by atoms with Gasteiger partial charge in [0.1, 0.15) is 5.01 Å². The molecule has 0 spiro atoms. The number of halogens is 2. The predicted octanol–water partition coefficient (Wildman–Crippen LogP) is 3.91. The Hall–Kier alpha value is -0.950.